The van der Waals surface area contributed by atoms with E-state index in [0.29, 0.717) is 35.5 Å². The number of ether oxygens (including phenoxy) is 1. The Kier molecular flexibility index (Phi) is 2.97. The van der Waals surface area contributed by atoms with Crippen molar-refractivity contribution in [3.8, 4) is 0 Å². The number of anilines is 1. The molecule has 21 heavy (non-hydrogen) atoms. The first-order valence-corrected chi connectivity index (χ1v) is 7.35. The van der Waals surface area contributed by atoms with Gasteiger partial charge in [-0.3, -0.25) is 4.98 Å². The van der Waals surface area contributed by atoms with Gasteiger partial charge in [0, 0.05) is 24.7 Å². The first-order valence-electron chi connectivity index (χ1n) is 6.98. The lowest BCUT2D eigenvalue weighted by molar-refractivity contribution is 0.139. The topological polar surface area (TPSA) is 51.1 Å². The highest BCUT2D eigenvalue weighted by Crippen LogP contribution is 2.41. The largest absolute Gasteiger partial charge is 0.379 e. The Morgan fingerprint density at radius 2 is 2.29 bits per heavy atom. The van der Waals surface area contributed by atoms with E-state index in [4.69, 9.17) is 16.3 Å². The Hall–Kier alpha value is -1.53. The minimum atomic E-state index is -0.434. The number of aromatic nitrogens is 3. The standard InChI is InChI=1S/C14H14ClFN4O/c1-7-11(16)12-9(5-17-7)13(19-14(15)18-12)20-2-3-21-6-8-4-10(8)20/h5,8,10H,2-4,6H2,1H3. The van der Waals surface area contributed by atoms with Gasteiger partial charge in [-0.15, -0.1) is 0 Å². The van der Waals surface area contributed by atoms with Gasteiger partial charge in [-0.05, 0) is 24.9 Å². The van der Waals surface area contributed by atoms with Crippen LogP contribution in [0.3, 0.4) is 0 Å². The molecule has 0 bridgehead atoms. The van der Waals surface area contributed by atoms with Crippen LogP contribution in [0.1, 0.15) is 12.1 Å². The lowest BCUT2D eigenvalue weighted by Gasteiger charge is -2.23. The Labute approximate surface area is 126 Å². The Balaban J connectivity index is 1.90. The van der Waals surface area contributed by atoms with Crippen LogP contribution in [-0.4, -0.2) is 40.8 Å². The second-order valence-electron chi connectivity index (χ2n) is 5.57. The number of rotatable bonds is 1. The predicted molar refractivity (Wildman–Crippen MR) is 77.1 cm³/mol. The molecule has 0 spiro atoms. The fraction of sp³-hybridized carbons (Fsp3) is 0.500. The molecule has 0 radical (unpaired) electrons. The average molecular weight is 309 g/mol. The molecule has 5 nitrogen and oxygen atoms in total. The van der Waals surface area contributed by atoms with Gasteiger partial charge in [0.05, 0.1) is 24.3 Å². The summed E-state index contributed by atoms with van der Waals surface area (Å²) in [5, 5.41) is 0.666. The van der Waals surface area contributed by atoms with Crippen molar-refractivity contribution in [2.75, 3.05) is 24.7 Å². The molecule has 0 N–H and O–H groups in total. The molecule has 2 unspecified atom stereocenters. The second-order valence-corrected chi connectivity index (χ2v) is 5.91. The van der Waals surface area contributed by atoms with E-state index in [0.717, 1.165) is 19.6 Å². The molecule has 0 amide bonds. The third kappa shape index (κ3) is 2.13. The summed E-state index contributed by atoms with van der Waals surface area (Å²) in [5.41, 5.74) is 0.548. The fourth-order valence-electron chi connectivity index (χ4n) is 2.94. The lowest BCUT2D eigenvalue weighted by atomic mass is 10.2. The molecule has 4 rings (SSSR count). The fourth-order valence-corrected chi connectivity index (χ4v) is 3.11. The van der Waals surface area contributed by atoms with Crippen LogP contribution >= 0.6 is 11.6 Å². The lowest BCUT2D eigenvalue weighted by Crippen LogP contribution is -2.30. The van der Waals surface area contributed by atoms with Crippen molar-refractivity contribution in [1.82, 2.24) is 15.0 Å². The van der Waals surface area contributed by atoms with Crippen LogP contribution in [0.4, 0.5) is 10.2 Å². The Morgan fingerprint density at radius 1 is 1.43 bits per heavy atom. The molecule has 2 aromatic heterocycles. The summed E-state index contributed by atoms with van der Waals surface area (Å²) < 4.78 is 19.8. The normalized spacial score (nSPS) is 24.8. The van der Waals surface area contributed by atoms with Crippen molar-refractivity contribution in [2.45, 2.75) is 19.4 Å². The first-order chi connectivity index (χ1) is 10.1. The predicted octanol–water partition coefficient (Wildman–Crippen LogP) is 2.35. The number of hydrogen-bond donors (Lipinski definition) is 0. The van der Waals surface area contributed by atoms with Crippen LogP contribution in [-0.2, 0) is 4.74 Å². The van der Waals surface area contributed by atoms with Gasteiger partial charge in [0.1, 0.15) is 11.3 Å². The smallest absolute Gasteiger partial charge is 0.225 e. The number of fused-ring (bicyclic) bond motifs is 2. The molecule has 0 aromatic carbocycles. The zero-order valence-electron chi connectivity index (χ0n) is 11.5. The summed E-state index contributed by atoms with van der Waals surface area (Å²) in [6.45, 7) is 3.75. The third-order valence-electron chi connectivity index (χ3n) is 4.18. The van der Waals surface area contributed by atoms with Gasteiger partial charge in [0.25, 0.3) is 0 Å². The Morgan fingerprint density at radius 3 is 3.14 bits per heavy atom. The minimum absolute atomic E-state index is 0.0596. The van der Waals surface area contributed by atoms with Crippen LogP contribution in [0.5, 0.6) is 0 Å². The van der Waals surface area contributed by atoms with E-state index >= 15 is 0 Å². The molecule has 2 fully saturated rings. The SMILES string of the molecule is Cc1ncc2c(N3CCOCC4CC43)nc(Cl)nc2c1F. The highest BCUT2D eigenvalue weighted by Gasteiger charge is 2.44. The monoisotopic (exact) mass is 308 g/mol. The number of pyridine rings is 1. The summed E-state index contributed by atoms with van der Waals surface area (Å²) in [4.78, 5) is 14.6. The van der Waals surface area contributed by atoms with Gasteiger partial charge in [0.2, 0.25) is 5.28 Å². The summed E-state index contributed by atoms with van der Waals surface area (Å²) in [6.07, 6.45) is 2.70. The highest BCUT2D eigenvalue weighted by molar-refractivity contribution is 6.28. The molecule has 1 saturated heterocycles. The zero-order valence-corrected chi connectivity index (χ0v) is 12.3. The molecule has 3 heterocycles. The van der Waals surface area contributed by atoms with Crippen molar-refractivity contribution in [2.24, 2.45) is 5.92 Å². The van der Waals surface area contributed by atoms with Crippen molar-refractivity contribution in [3.05, 3.63) is 23.0 Å². The molecule has 1 aliphatic carbocycles. The third-order valence-corrected chi connectivity index (χ3v) is 4.35. The first kappa shape index (κ1) is 13.2. The zero-order chi connectivity index (χ0) is 14.6. The quantitative estimate of drug-likeness (QED) is 0.757. The number of hydrogen-bond acceptors (Lipinski definition) is 5. The highest BCUT2D eigenvalue weighted by atomic mass is 35.5. The van der Waals surface area contributed by atoms with Gasteiger partial charge in [-0.2, -0.15) is 4.98 Å². The maximum absolute atomic E-state index is 14.3. The molecular weight excluding hydrogens is 295 g/mol. The molecule has 2 atom stereocenters. The summed E-state index contributed by atoms with van der Waals surface area (Å²) in [6, 6.07) is 0.394. The van der Waals surface area contributed by atoms with Gasteiger partial charge in [0.15, 0.2) is 5.82 Å². The molecule has 7 heteroatoms. The van der Waals surface area contributed by atoms with Gasteiger partial charge >= 0.3 is 0 Å². The minimum Gasteiger partial charge on any atom is -0.379 e. The van der Waals surface area contributed by atoms with E-state index in [1.165, 1.54) is 0 Å². The second kappa shape index (κ2) is 4.74. The van der Waals surface area contributed by atoms with Crippen LogP contribution < -0.4 is 4.90 Å². The van der Waals surface area contributed by atoms with E-state index in [9.17, 15) is 4.39 Å². The molecule has 2 aromatic rings. The molecule has 1 aliphatic heterocycles. The van der Waals surface area contributed by atoms with Crippen molar-refractivity contribution < 1.29 is 9.13 Å². The van der Waals surface area contributed by atoms with Crippen molar-refractivity contribution in [1.29, 1.82) is 0 Å². The van der Waals surface area contributed by atoms with Gasteiger partial charge < -0.3 is 9.64 Å². The summed E-state index contributed by atoms with van der Waals surface area (Å²) >= 11 is 6.00. The molecule has 110 valence electrons. The maximum atomic E-state index is 14.3. The van der Waals surface area contributed by atoms with Gasteiger partial charge in [-0.1, -0.05) is 0 Å². The van der Waals surface area contributed by atoms with Crippen LogP contribution in [0, 0.1) is 18.7 Å². The summed E-state index contributed by atoms with van der Waals surface area (Å²) in [7, 11) is 0. The van der Waals surface area contributed by atoms with E-state index in [2.05, 4.69) is 19.9 Å². The maximum Gasteiger partial charge on any atom is 0.225 e. The van der Waals surface area contributed by atoms with Crippen LogP contribution in [0.2, 0.25) is 5.28 Å². The van der Waals surface area contributed by atoms with E-state index in [1.54, 1.807) is 13.1 Å². The Bertz CT molecular complexity index is 726. The number of nitrogens with zero attached hydrogens (tertiary/aromatic N) is 4. The van der Waals surface area contributed by atoms with Crippen molar-refractivity contribution in [3.63, 3.8) is 0 Å². The van der Waals surface area contributed by atoms with Crippen molar-refractivity contribution >= 4 is 28.3 Å². The van der Waals surface area contributed by atoms with Crippen LogP contribution in [0.25, 0.3) is 10.9 Å². The van der Waals surface area contributed by atoms with E-state index in [1.807, 2.05) is 0 Å². The summed E-state index contributed by atoms with van der Waals surface area (Å²) in [5.74, 6) is 0.755. The van der Waals surface area contributed by atoms with E-state index < -0.39 is 5.82 Å². The van der Waals surface area contributed by atoms with E-state index in [-0.39, 0.29) is 10.8 Å². The molecule has 1 saturated carbocycles. The molecule has 2 aliphatic rings. The average Bonchev–Trinajstić information content (AvgIpc) is 3.22. The number of aryl methyl sites for hydroxylation is 1. The van der Waals surface area contributed by atoms with Gasteiger partial charge in [-0.25, -0.2) is 9.37 Å². The van der Waals surface area contributed by atoms with Crippen LogP contribution in [0.15, 0.2) is 6.20 Å². The number of halogens is 2. The molecular formula is C14H14ClFN4O.